The van der Waals surface area contributed by atoms with Crippen LogP contribution in [0.5, 0.6) is 0 Å². The van der Waals surface area contributed by atoms with Gasteiger partial charge in [-0.15, -0.1) is 0 Å². The normalized spacial score (nSPS) is 24.4. The van der Waals surface area contributed by atoms with Crippen LogP contribution in [0.25, 0.3) is 0 Å². The maximum absolute atomic E-state index is 11.9. The molecule has 3 atom stereocenters. The molecule has 1 saturated heterocycles. The fraction of sp³-hybridized carbons (Fsp3) is 0.615. The number of aryl methyl sites for hydroxylation is 1. The van der Waals surface area contributed by atoms with Gasteiger partial charge in [0, 0.05) is 24.6 Å². The van der Waals surface area contributed by atoms with E-state index in [9.17, 15) is 19.5 Å². The van der Waals surface area contributed by atoms with Gasteiger partial charge in [0.1, 0.15) is 12.3 Å². The minimum absolute atomic E-state index is 0.00516. The SMILES string of the molecule is COC(=O)CCc1cn([C@H]2C[C@@H](O)[C@@H](CO)O2)c(=O)[nH]c1=O. The van der Waals surface area contributed by atoms with Gasteiger partial charge in [0.05, 0.1) is 19.8 Å². The van der Waals surface area contributed by atoms with Crippen molar-refractivity contribution >= 4 is 5.97 Å². The minimum Gasteiger partial charge on any atom is -0.469 e. The molecule has 1 fully saturated rings. The summed E-state index contributed by atoms with van der Waals surface area (Å²) in [5.41, 5.74) is -1.03. The van der Waals surface area contributed by atoms with Gasteiger partial charge in [-0.25, -0.2) is 4.79 Å². The molecule has 0 amide bonds. The molecule has 1 aromatic rings. The monoisotopic (exact) mass is 314 g/mol. The third-order valence-corrected chi connectivity index (χ3v) is 3.56. The minimum atomic E-state index is -0.896. The molecular formula is C13H18N2O7. The highest BCUT2D eigenvalue weighted by atomic mass is 16.5. The highest BCUT2D eigenvalue weighted by molar-refractivity contribution is 5.69. The van der Waals surface area contributed by atoms with Gasteiger partial charge in [0.2, 0.25) is 0 Å². The van der Waals surface area contributed by atoms with Gasteiger partial charge < -0.3 is 19.7 Å². The van der Waals surface area contributed by atoms with Crippen molar-refractivity contribution < 1.29 is 24.5 Å². The summed E-state index contributed by atoms with van der Waals surface area (Å²) in [6.07, 6.45) is -0.913. The topological polar surface area (TPSA) is 131 Å². The Hall–Kier alpha value is -1.97. The third kappa shape index (κ3) is 3.43. The van der Waals surface area contributed by atoms with Crippen LogP contribution >= 0.6 is 0 Å². The lowest BCUT2D eigenvalue weighted by Gasteiger charge is -2.15. The van der Waals surface area contributed by atoms with Crippen molar-refractivity contribution in [3.8, 4) is 0 Å². The van der Waals surface area contributed by atoms with Gasteiger partial charge >= 0.3 is 11.7 Å². The number of aliphatic hydroxyl groups is 2. The van der Waals surface area contributed by atoms with Crippen LogP contribution in [0, 0.1) is 0 Å². The van der Waals surface area contributed by atoms with E-state index in [0.717, 1.165) is 4.57 Å². The molecule has 0 spiro atoms. The van der Waals surface area contributed by atoms with Crippen LogP contribution in [0.4, 0.5) is 0 Å². The molecule has 1 aliphatic rings. The van der Waals surface area contributed by atoms with E-state index < -0.39 is 35.7 Å². The Balaban J connectivity index is 2.23. The Morgan fingerprint density at radius 2 is 2.27 bits per heavy atom. The van der Waals surface area contributed by atoms with Crippen LogP contribution in [0.3, 0.4) is 0 Å². The molecule has 0 aromatic carbocycles. The van der Waals surface area contributed by atoms with Gasteiger partial charge in [-0.3, -0.25) is 19.1 Å². The number of carbonyl (C=O) groups is 1. The summed E-state index contributed by atoms with van der Waals surface area (Å²) in [4.78, 5) is 36.9. The van der Waals surface area contributed by atoms with E-state index in [1.165, 1.54) is 13.3 Å². The van der Waals surface area contributed by atoms with Crippen molar-refractivity contribution in [1.82, 2.24) is 9.55 Å². The number of ether oxygens (including phenoxy) is 2. The van der Waals surface area contributed by atoms with Gasteiger partial charge in [0.25, 0.3) is 5.56 Å². The molecule has 0 aliphatic carbocycles. The van der Waals surface area contributed by atoms with Crippen molar-refractivity contribution in [2.24, 2.45) is 0 Å². The lowest BCUT2D eigenvalue weighted by molar-refractivity contribution is -0.140. The number of nitrogens with zero attached hydrogens (tertiary/aromatic N) is 1. The molecule has 2 rings (SSSR count). The molecule has 3 N–H and O–H groups in total. The fourth-order valence-electron chi connectivity index (χ4n) is 2.31. The highest BCUT2D eigenvalue weighted by Crippen LogP contribution is 2.27. The van der Waals surface area contributed by atoms with Gasteiger partial charge in [-0.2, -0.15) is 0 Å². The largest absolute Gasteiger partial charge is 0.469 e. The van der Waals surface area contributed by atoms with Crippen molar-refractivity contribution in [1.29, 1.82) is 0 Å². The summed E-state index contributed by atoms with van der Waals surface area (Å²) >= 11 is 0. The molecular weight excluding hydrogens is 296 g/mol. The number of nitrogens with one attached hydrogen (secondary N) is 1. The molecule has 0 radical (unpaired) electrons. The summed E-state index contributed by atoms with van der Waals surface area (Å²) in [6, 6.07) is 0. The van der Waals surface area contributed by atoms with Crippen molar-refractivity contribution in [3.05, 3.63) is 32.6 Å². The summed E-state index contributed by atoms with van der Waals surface area (Å²) in [5.74, 6) is -0.468. The smallest absolute Gasteiger partial charge is 0.330 e. The molecule has 1 aliphatic heterocycles. The Kier molecular flexibility index (Phi) is 5.11. The number of aliphatic hydroxyl groups excluding tert-OH is 2. The number of aromatic amines is 1. The number of hydrogen-bond acceptors (Lipinski definition) is 7. The second-order valence-electron chi connectivity index (χ2n) is 5.01. The summed E-state index contributed by atoms with van der Waals surface area (Å²) in [7, 11) is 1.25. The lowest BCUT2D eigenvalue weighted by Crippen LogP contribution is -2.34. The van der Waals surface area contributed by atoms with Crippen molar-refractivity contribution in [2.75, 3.05) is 13.7 Å². The second-order valence-corrected chi connectivity index (χ2v) is 5.01. The zero-order valence-corrected chi connectivity index (χ0v) is 12.0. The average molecular weight is 314 g/mol. The number of aromatic nitrogens is 2. The first-order valence-corrected chi connectivity index (χ1v) is 6.81. The third-order valence-electron chi connectivity index (χ3n) is 3.56. The maximum atomic E-state index is 11.9. The maximum Gasteiger partial charge on any atom is 0.330 e. The number of hydrogen-bond donors (Lipinski definition) is 3. The predicted octanol–water partition coefficient (Wildman–Crippen LogP) is -1.72. The summed E-state index contributed by atoms with van der Waals surface area (Å²) in [6.45, 7) is -0.370. The van der Waals surface area contributed by atoms with Crippen LogP contribution < -0.4 is 11.2 Å². The molecule has 122 valence electrons. The zero-order valence-electron chi connectivity index (χ0n) is 12.0. The number of carbonyl (C=O) groups excluding carboxylic acids is 1. The van der Waals surface area contributed by atoms with Crippen LogP contribution in [0.15, 0.2) is 15.8 Å². The van der Waals surface area contributed by atoms with E-state index in [4.69, 9.17) is 9.84 Å². The zero-order chi connectivity index (χ0) is 16.3. The lowest BCUT2D eigenvalue weighted by atomic mass is 10.1. The van der Waals surface area contributed by atoms with Crippen molar-refractivity contribution in [2.45, 2.75) is 37.7 Å². The van der Waals surface area contributed by atoms with Gasteiger partial charge in [-0.05, 0) is 6.42 Å². The number of H-pyrrole nitrogens is 1. The van der Waals surface area contributed by atoms with E-state index in [1.807, 2.05) is 0 Å². The first-order valence-electron chi connectivity index (χ1n) is 6.81. The average Bonchev–Trinajstić information content (AvgIpc) is 2.86. The van der Waals surface area contributed by atoms with Gasteiger partial charge in [-0.1, -0.05) is 0 Å². The molecule has 2 heterocycles. The first-order chi connectivity index (χ1) is 10.5. The number of rotatable bonds is 5. The van der Waals surface area contributed by atoms with Gasteiger partial charge in [0.15, 0.2) is 0 Å². The van der Waals surface area contributed by atoms with E-state index in [1.54, 1.807) is 0 Å². The van der Waals surface area contributed by atoms with E-state index >= 15 is 0 Å². The van der Waals surface area contributed by atoms with E-state index in [2.05, 4.69) is 9.72 Å². The summed E-state index contributed by atoms with van der Waals surface area (Å²) < 4.78 is 11.0. The van der Waals surface area contributed by atoms with Crippen LogP contribution in [-0.4, -0.2) is 51.7 Å². The standard InChI is InChI=1S/C13H18N2O7/c1-21-11(18)3-2-7-5-15(13(20)14-12(7)19)10-4-8(17)9(6-16)22-10/h5,8-10,16-17H,2-4,6H2,1H3,(H,14,19,20)/t8-,9-,10-/m1/s1. The van der Waals surface area contributed by atoms with E-state index in [-0.39, 0.29) is 31.4 Å². The fourth-order valence-corrected chi connectivity index (χ4v) is 2.31. The molecule has 9 nitrogen and oxygen atoms in total. The Morgan fingerprint density at radius 3 is 2.86 bits per heavy atom. The molecule has 0 unspecified atom stereocenters. The van der Waals surface area contributed by atoms with Crippen LogP contribution in [0.1, 0.15) is 24.6 Å². The Morgan fingerprint density at radius 1 is 1.55 bits per heavy atom. The highest BCUT2D eigenvalue weighted by Gasteiger charge is 2.35. The molecule has 0 bridgehead atoms. The molecule has 22 heavy (non-hydrogen) atoms. The Labute approximate surface area is 125 Å². The van der Waals surface area contributed by atoms with E-state index in [0.29, 0.717) is 0 Å². The van der Waals surface area contributed by atoms with Crippen molar-refractivity contribution in [3.63, 3.8) is 0 Å². The number of methoxy groups -OCH3 is 1. The number of esters is 1. The van der Waals surface area contributed by atoms with Crippen LogP contribution in [0.2, 0.25) is 0 Å². The molecule has 0 saturated carbocycles. The molecule has 9 heteroatoms. The predicted molar refractivity (Wildman–Crippen MR) is 73.3 cm³/mol. The molecule has 1 aromatic heterocycles. The Bertz CT molecular complexity index is 651. The second kappa shape index (κ2) is 6.86. The van der Waals surface area contributed by atoms with Crippen LogP contribution in [-0.2, 0) is 20.7 Å². The summed E-state index contributed by atoms with van der Waals surface area (Å²) in [5, 5.41) is 18.8. The quantitative estimate of drug-likeness (QED) is 0.551. The first kappa shape index (κ1) is 16.4.